The number of amides is 1. The number of hydrogen-bond acceptors (Lipinski definition) is 3. The Morgan fingerprint density at radius 2 is 2.15 bits per heavy atom. The predicted molar refractivity (Wildman–Crippen MR) is 102 cm³/mol. The number of aromatic nitrogens is 2. The third-order valence-corrected chi connectivity index (χ3v) is 5.11. The zero-order valence-electron chi connectivity index (χ0n) is 14.1. The van der Waals surface area contributed by atoms with Crippen molar-refractivity contribution in [1.82, 2.24) is 9.55 Å². The minimum Gasteiger partial charge on any atom is -0.329 e. The Morgan fingerprint density at radius 3 is 2.88 bits per heavy atom. The van der Waals surface area contributed by atoms with E-state index < -0.39 is 0 Å². The molecule has 134 valence electrons. The number of carbonyl (C=O) groups is 1. The first-order valence-corrected chi connectivity index (χ1v) is 9.20. The molecule has 0 spiro atoms. The molecule has 1 amide bonds. The lowest BCUT2D eigenvalue weighted by Gasteiger charge is -2.11. The number of carbonyl (C=O) groups excluding carboxylic acids is 1. The number of imidazole rings is 1. The van der Waals surface area contributed by atoms with Gasteiger partial charge in [-0.25, -0.2) is 9.37 Å². The van der Waals surface area contributed by atoms with Gasteiger partial charge < -0.3 is 9.88 Å². The van der Waals surface area contributed by atoms with E-state index in [1.54, 1.807) is 30.5 Å². The normalized spacial score (nSPS) is 10.7. The fourth-order valence-electron chi connectivity index (χ4n) is 2.40. The number of nitrogens with zero attached hydrogens (tertiary/aromatic N) is 2. The summed E-state index contributed by atoms with van der Waals surface area (Å²) in [6, 6.07) is 11.6. The Labute approximate surface area is 160 Å². The van der Waals surface area contributed by atoms with Crippen LogP contribution in [0.15, 0.2) is 64.9 Å². The van der Waals surface area contributed by atoms with Crippen LogP contribution in [0.4, 0.5) is 10.1 Å². The third-order valence-electron chi connectivity index (χ3n) is 3.72. The van der Waals surface area contributed by atoms with Crippen molar-refractivity contribution in [2.45, 2.75) is 22.9 Å². The van der Waals surface area contributed by atoms with Gasteiger partial charge in [0.15, 0.2) is 5.16 Å². The maximum atomic E-state index is 13.2. The van der Waals surface area contributed by atoms with Gasteiger partial charge >= 0.3 is 0 Å². The molecule has 3 rings (SSSR count). The molecule has 0 aliphatic heterocycles. The molecule has 0 unspecified atom stereocenters. The summed E-state index contributed by atoms with van der Waals surface area (Å²) in [7, 11) is 1.91. The van der Waals surface area contributed by atoms with Gasteiger partial charge in [0.1, 0.15) is 5.82 Å². The van der Waals surface area contributed by atoms with E-state index >= 15 is 0 Å². The summed E-state index contributed by atoms with van der Waals surface area (Å²) in [5.41, 5.74) is 1.42. The summed E-state index contributed by atoms with van der Waals surface area (Å²) in [6.45, 7) is 0. The van der Waals surface area contributed by atoms with E-state index in [-0.39, 0.29) is 18.1 Å². The van der Waals surface area contributed by atoms with Gasteiger partial charge in [0, 0.05) is 35.8 Å². The second kappa shape index (κ2) is 8.38. The maximum Gasteiger partial charge on any atom is 0.224 e. The highest BCUT2D eigenvalue weighted by atomic mass is 35.5. The van der Waals surface area contributed by atoms with E-state index in [4.69, 9.17) is 11.6 Å². The summed E-state index contributed by atoms with van der Waals surface area (Å²) in [5, 5.41) is 4.24. The number of aryl methyl sites for hydroxylation is 2. The molecular formula is C19H17ClFN3OS. The number of nitrogens with one attached hydrogen (secondary N) is 1. The van der Waals surface area contributed by atoms with E-state index in [2.05, 4.69) is 10.3 Å². The number of anilines is 1. The Balaban J connectivity index is 1.69. The van der Waals surface area contributed by atoms with E-state index in [0.717, 1.165) is 15.6 Å². The summed E-state index contributed by atoms with van der Waals surface area (Å²) < 4.78 is 15.1. The molecule has 0 fully saturated rings. The Bertz CT molecular complexity index is 929. The number of hydrogen-bond donors (Lipinski definition) is 1. The quantitative estimate of drug-likeness (QED) is 0.649. The van der Waals surface area contributed by atoms with Crippen molar-refractivity contribution in [3.05, 3.63) is 71.3 Å². The predicted octanol–water partition coefficient (Wildman–Crippen LogP) is 4.94. The second-order valence-corrected chi connectivity index (χ2v) is 7.19. The lowest BCUT2D eigenvalue weighted by atomic mass is 10.1. The molecule has 7 heteroatoms. The highest BCUT2D eigenvalue weighted by molar-refractivity contribution is 7.99. The zero-order valence-corrected chi connectivity index (χ0v) is 15.6. The molecule has 0 aliphatic carbocycles. The van der Waals surface area contributed by atoms with E-state index in [1.807, 2.05) is 23.9 Å². The minimum absolute atomic E-state index is 0.154. The topological polar surface area (TPSA) is 46.9 Å². The molecular weight excluding hydrogens is 373 g/mol. The van der Waals surface area contributed by atoms with Crippen molar-refractivity contribution in [3.8, 4) is 0 Å². The maximum absolute atomic E-state index is 13.2. The van der Waals surface area contributed by atoms with Crippen molar-refractivity contribution >= 4 is 35.0 Å². The Hall–Kier alpha value is -2.31. The van der Waals surface area contributed by atoms with E-state index in [1.165, 1.54) is 23.9 Å². The minimum atomic E-state index is -0.300. The van der Waals surface area contributed by atoms with Gasteiger partial charge in [0.05, 0.1) is 5.69 Å². The van der Waals surface area contributed by atoms with Crippen molar-refractivity contribution in [2.24, 2.45) is 7.05 Å². The van der Waals surface area contributed by atoms with Crippen LogP contribution < -0.4 is 5.32 Å². The Morgan fingerprint density at radius 1 is 1.31 bits per heavy atom. The van der Waals surface area contributed by atoms with Crippen molar-refractivity contribution in [3.63, 3.8) is 0 Å². The molecule has 1 aromatic heterocycles. The molecule has 3 aromatic rings. The van der Waals surface area contributed by atoms with Crippen LogP contribution in [0.2, 0.25) is 5.02 Å². The number of benzene rings is 2. The highest BCUT2D eigenvalue weighted by Crippen LogP contribution is 2.34. The summed E-state index contributed by atoms with van der Waals surface area (Å²) in [5.74, 6) is -0.454. The molecule has 0 atom stereocenters. The first kappa shape index (κ1) is 18.5. The molecule has 2 aromatic carbocycles. The first-order valence-electron chi connectivity index (χ1n) is 8.00. The van der Waals surface area contributed by atoms with Gasteiger partial charge in [0.25, 0.3) is 0 Å². The van der Waals surface area contributed by atoms with Crippen molar-refractivity contribution in [1.29, 1.82) is 0 Å². The number of rotatable bonds is 6. The second-order valence-electron chi connectivity index (χ2n) is 5.74. The van der Waals surface area contributed by atoms with Crippen LogP contribution in [0, 0.1) is 5.82 Å². The van der Waals surface area contributed by atoms with Gasteiger partial charge in [-0.1, -0.05) is 23.7 Å². The summed E-state index contributed by atoms with van der Waals surface area (Å²) in [4.78, 5) is 17.5. The smallest absolute Gasteiger partial charge is 0.224 e. The fourth-order valence-corrected chi connectivity index (χ4v) is 3.44. The summed E-state index contributed by atoms with van der Waals surface area (Å²) >= 11 is 7.52. The number of halogens is 2. The zero-order chi connectivity index (χ0) is 18.5. The molecule has 0 saturated heterocycles. The highest BCUT2D eigenvalue weighted by Gasteiger charge is 2.12. The van der Waals surface area contributed by atoms with E-state index in [0.29, 0.717) is 17.1 Å². The average Bonchev–Trinajstić information content (AvgIpc) is 3.00. The van der Waals surface area contributed by atoms with Crippen LogP contribution in [-0.2, 0) is 18.3 Å². The Kier molecular flexibility index (Phi) is 5.96. The first-order chi connectivity index (χ1) is 12.5. The largest absolute Gasteiger partial charge is 0.329 e. The van der Waals surface area contributed by atoms with Crippen LogP contribution >= 0.6 is 23.4 Å². The molecule has 0 bridgehead atoms. The lowest BCUT2D eigenvalue weighted by Crippen LogP contribution is -2.13. The van der Waals surface area contributed by atoms with Crippen LogP contribution in [-0.4, -0.2) is 15.5 Å². The SMILES string of the molecule is Cn1ccnc1Sc1ccc(Cl)cc1NC(=O)CCc1cccc(F)c1. The molecule has 0 saturated carbocycles. The van der Waals surface area contributed by atoms with Crippen LogP contribution in [0.3, 0.4) is 0 Å². The van der Waals surface area contributed by atoms with Crippen LogP contribution in [0.25, 0.3) is 0 Å². The van der Waals surface area contributed by atoms with Gasteiger partial charge in [-0.2, -0.15) is 0 Å². The van der Waals surface area contributed by atoms with Crippen molar-refractivity contribution in [2.75, 3.05) is 5.32 Å². The molecule has 26 heavy (non-hydrogen) atoms. The molecule has 1 N–H and O–H groups in total. The van der Waals surface area contributed by atoms with E-state index in [9.17, 15) is 9.18 Å². The molecule has 4 nitrogen and oxygen atoms in total. The molecule has 0 aliphatic rings. The van der Waals surface area contributed by atoms with Gasteiger partial charge in [0.2, 0.25) is 5.91 Å². The average molecular weight is 390 g/mol. The standard InChI is InChI=1S/C19H17ClFN3OS/c1-24-10-9-22-19(24)26-17-7-6-14(20)12-16(17)23-18(25)8-5-13-3-2-4-15(21)11-13/h2-4,6-7,9-12H,5,8H2,1H3,(H,23,25). The molecule has 1 heterocycles. The monoisotopic (exact) mass is 389 g/mol. The lowest BCUT2D eigenvalue weighted by molar-refractivity contribution is -0.116. The van der Waals surface area contributed by atoms with Crippen LogP contribution in [0.1, 0.15) is 12.0 Å². The summed E-state index contributed by atoms with van der Waals surface area (Å²) in [6.07, 6.45) is 4.29. The van der Waals surface area contributed by atoms with Gasteiger partial charge in [-0.15, -0.1) is 0 Å². The molecule has 0 radical (unpaired) electrons. The van der Waals surface area contributed by atoms with Gasteiger partial charge in [-0.05, 0) is 54.1 Å². The fraction of sp³-hybridized carbons (Fsp3) is 0.158. The van der Waals surface area contributed by atoms with Crippen LogP contribution in [0.5, 0.6) is 0 Å². The van der Waals surface area contributed by atoms with Gasteiger partial charge in [-0.3, -0.25) is 4.79 Å². The van der Waals surface area contributed by atoms with Crippen molar-refractivity contribution < 1.29 is 9.18 Å². The third kappa shape index (κ3) is 4.86.